The zero-order chi connectivity index (χ0) is 9.84. The van der Waals surface area contributed by atoms with Crippen LogP contribution in [-0.4, -0.2) is 13.1 Å². The summed E-state index contributed by atoms with van der Waals surface area (Å²) in [5.41, 5.74) is 0.0984. The van der Waals surface area contributed by atoms with Crippen LogP contribution in [0, 0.1) is 4.91 Å². The van der Waals surface area contributed by atoms with Crippen LogP contribution >= 0.6 is 11.6 Å². The van der Waals surface area contributed by atoms with Gasteiger partial charge in [0.05, 0.1) is 12.7 Å². The molecule has 0 heterocycles. The monoisotopic (exact) mass is 199 g/mol. The minimum atomic E-state index is -0.628. The average molecular weight is 200 g/mol. The maximum Gasteiger partial charge on any atom is 0.340 e. The molecule has 0 bridgehead atoms. The topological polar surface area (TPSA) is 55.7 Å². The molecule has 0 fully saturated rings. The number of ether oxygens (including phenoxy) is 1. The molecule has 4 nitrogen and oxygen atoms in total. The highest BCUT2D eigenvalue weighted by Crippen LogP contribution is 2.23. The van der Waals surface area contributed by atoms with Crippen molar-refractivity contribution < 1.29 is 9.53 Å². The number of nitroso groups, excluding NO2 is 1. The summed E-state index contributed by atoms with van der Waals surface area (Å²) in [7, 11) is 1.22. The van der Waals surface area contributed by atoms with Gasteiger partial charge in [0.25, 0.3) is 0 Å². The van der Waals surface area contributed by atoms with E-state index in [1.807, 2.05) is 0 Å². The highest BCUT2D eigenvalue weighted by molar-refractivity contribution is 6.31. The summed E-state index contributed by atoms with van der Waals surface area (Å²) in [5, 5.41) is 3.03. The van der Waals surface area contributed by atoms with E-state index in [2.05, 4.69) is 9.91 Å². The summed E-state index contributed by atoms with van der Waals surface area (Å²) in [4.78, 5) is 21.3. The first-order valence-corrected chi connectivity index (χ1v) is 3.78. The van der Waals surface area contributed by atoms with Crippen LogP contribution in [0.1, 0.15) is 10.4 Å². The Balaban J connectivity index is 3.23. The predicted molar refractivity (Wildman–Crippen MR) is 48.2 cm³/mol. The molecule has 0 aliphatic carbocycles. The van der Waals surface area contributed by atoms with Gasteiger partial charge in [0.2, 0.25) is 0 Å². The molecule has 0 aliphatic heterocycles. The Kier molecular flexibility index (Phi) is 2.97. The first-order valence-electron chi connectivity index (χ1n) is 3.40. The molecule has 0 N–H and O–H groups in total. The van der Waals surface area contributed by atoms with Crippen LogP contribution in [0.3, 0.4) is 0 Å². The van der Waals surface area contributed by atoms with Gasteiger partial charge in [0.1, 0.15) is 5.69 Å². The summed E-state index contributed by atoms with van der Waals surface area (Å²) in [5.74, 6) is -0.628. The molecular weight excluding hydrogens is 194 g/mol. The van der Waals surface area contributed by atoms with Crippen molar-refractivity contribution in [2.45, 2.75) is 0 Å². The van der Waals surface area contributed by atoms with Gasteiger partial charge in [-0.25, -0.2) is 4.79 Å². The molecule has 0 unspecified atom stereocenters. The predicted octanol–water partition coefficient (Wildman–Crippen LogP) is 2.52. The quantitative estimate of drug-likeness (QED) is 0.543. The van der Waals surface area contributed by atoms with Crippen LogP contribution in [-0.2, 0) is 4.74 Å². The van der Waals surface area contributed by atoms with Gasteiger partial charge in [-0.05, 0) is 23.4 Å². The number of esters is 1. The summed E-state index contributed by atoms with van der Waals surface area (Å²) in [6.07, 6.45) is 0. The van der Waals surface area contributed by atoms with Crippen molar-refractivity contribution in [1.29, 1.82) is 0 Å². The smallest absolute Gasteiger partial charge is 0.340 e. The van der Waals surface area contributed by atoms with Gasteiger partial charge in [-0.15, -0.1) is 4.91 Å². The van der Waals surface area contributed by atoms with E-state index in [4.69, 9.17) is 11.6 Å². The number of nitrogens with zero attached hydrogens (tertiary/aromatic N) is 1. The highest BCUT2D eigenvalue weighted by atomic mass is 35.5. The molecule has 0 aromatic heterocycles. The minimum absolute atomic E-state index is 0.0243. The van der Waals surface area contributed by atoms with Gasteiger partial charge in [0, 0.05) is 5.02 Å². The van der Waals surface area contributed by atoms with Crippen molar-refractivity contribution in [3.8, 4) is 0 Å². The largest absolute Gasteiger partial charge is 0.465 e. The van der Waals surface area contributed by atoms with Gasteiger partial charge in [0.15, 0.2) is 0 Å². The molecule has 0 atom stereocenters. The number of rotatable bonds is 2. The molecule has 13 heavy (non-hydrogen) atoms. The van der Waals surface area contributed by atoms with Crippen molar-refractivity contribution in [1.82, 2.24) is 0 Å². The summed E-state index contributed by atoms with van der Waals surface area (Å²) in [6, 6.07) is 4.18. The van der Waals surface area contributed by atoms with E-state index in [0.29, 0.717) is 5.02 Å². The number of hydrogen-bond donors (Lipinski definition) is 0. The SMILES string of the molecule is COC(=O)c1cc(Cl)ccc1N=O. The van der Waals surface area contributed by atoms with Crippen molar-refractivity contribution in [3.63, 3.8) is 0 Å². The standard InChI is InChI=1S/C8H6ClNO3/c1-13-8(11)6-4-5(9)2-3-7(6)10-12/h2-4H,1H3. The van der Waals surface area contributed by atoms with Crippen LogP contribution in [0.2, 0.25) is 5.02 Å². The van der Waals surface area contributed by atoms with Crippen molar-refractivity contribution in [2.24, 2.45) is 5.18 Å². The van der Waals surface area contributed by atoms with Gasteiger partial charge in [-0.2, -0.15) is 0 Å². The summed E-state index contributed by atoms with van der Waals surface area (Å²) in [6.45, 7) is 0. The Hall–Kier alpha value is -1.42. The van der Waals surface area contributed by atoms with Crippen LogP contribution in [0.5, 0.6) is 0 Å². The molecule has 1 aromatic rings. The van der Waals surface area contributed by atoms with Crippen molar-refractivity contribution in [3.05, 3.63) is 33.7 Å². The van der Waals surface area contributed by atoms with E-state index in [-0.39, 0.29) is 11.3 Å². The normalized spacial score (nSPS) is 9.38. The number of methoxy groups -OCH3 is 1. The first-order chi connectivity index (χ1) is 6.19. The fourth-order valence-electron chi connectivity index (χ4n) is 0.861. The zero-order valence-corrected chi connectivity index (χ0v) is 7.54. The highest BCUT2D eigenvalue weighted by Gasteiger charge is 2.12. The van der Waals surface area contributed by atoms with E-state index in [9.17, 15) is 9.70 Å². The van der Waals surface area contributed by atoms with E-state index < -0.39 is 5.97 Å². The van der Waals surface area contributed by atoms with Crippen LogP contribution in [0.4, 0.5) is 5.69 Å². The van der Waals surface area contributed by atoms with Gasteiger partial charge < -0.3 is 4.74 Å². The van der Waals surface area contributed by atoms with Crippen molar-refractivity contribution in [2.75, 3.05) is 7.11 Å². The Morgan fingerprint density at radius 3 is 2.77 bits per heavy atom. The number of carbonyl (C=O) groups excluding carboxylic acids is 1. The molecule has 68 valence electrons. The molecule has 1 rings (SSSR count). The second-order valence-electron chi connectivity index (χ2n) is 2.24. The van der Waals surface area contributed by atoms with Crippen LogP contribution < -0.4 is 0 Å². The Bertz CT molecular complexity index is 351. The molecule has 5 heteroatoms. The molecule has 0 spiro atoms. The molecule has 0 saturated carbocycles. The summed E-state index contributed by atoms with van der Waals surface area (Å²) < 4.78 is 4.44. The Labute approximate surface area is 79.4 Å². The molecule has 0 radical (unpaired) electrons. The minimum Gasteiger partial charge on any atom is -0.465 e. The Morgan fingerprint density at radius 2 is 2.23 bits per heavy atom. The molecule has 0 amide bonds. The average Bonchev–Trinajstić information content (AvgIpc) is 2.16. The number of carbonyl (C=O) groups is 1. The van der Waals surface area contributed by atoms with E-state index in [1.165, 1.54) is 25.3 Å². The third-order valence-corrected chi connectivity index (χ3v) is 1.70. The van der Waals surface area contributed by atoms with Crippen molar-refractivity contribution >= 4 is 23.3 Å². The van der Waals surface area contributed by atoms with E-state index in [0.717, 1.165) is 0 Å². The number of hydrogen-bond acceptors (Lipinski definition) is 4. The Morgan fingerprint density at radius 1 is 1.54 bits per heavy atom. The number of halogens is 1. The lowest BCUT2D eigenvalue weighted by Crippen LogP contribution is -2.01. The van der Waals surface area contributed by atoms with Crippen LogP contribution in [0.15, 0.2) is 23.4 Å². The van der Waals surface area contributed by atoms with E-state index in [1.54, 1.807) is 0 Å². The molecular formula is C8H6ClNO3. The maximum atomic E-state index is 11.1. The molecule has 0 saturated heterocycles. The zero-order valence-electron chi connectivity index (χ0n) is 6.78. The second kappa shape index (κ2) is 4.00. The first kappa shape index (κ1) is 9.67. The lowest BCUT2D eigenvalue weighted by molar-refractivity contribution is 0.0601. The molecule has 0 aliphatic rings. The lowest BCUT2D eigenvalue weighted by Gasteiger charge is -2.00. The fraction of sp³-hybridized carbons (Fsp3) is 0.125. The van der Waals surface area contributed by atoms with Gasteiger partial charge in [-0.3, -0.25) is 0 Å². The third kappa shape index (κ3) is 2.03. The van der Waals surface area contributed by atoms with Gasteiger partial charge in [-0.1, -0.05) is 11.6 Å². The third-order valence-electron chi connectivity index (χ3n) is 1.46. The maximum absolute atomic E-state index is 11.1. The van der Waals surface area contributed by atoms with E-state index >= 15 is 0 Å². The van der Waals surface area contributed by atoms with Crippen LogP contribution in [0.25, 0.3) is 0 Å². The molecule has 1 aromatic carbocycles. The summed E-state index contributed by atoms with van der Waals surface area (Å²) >= 11 is 5.62. The fourth-order valence-corrected chi connectivity index (χ4v) is 1.03. The lowest BCUT2D eigenvalue weighted by atomic mass is 10.2. The van der Waals surface area contributed by atoms with Gasteiger partial charge >= 0.3 is 5.97 Å². The number of benzene rings is 1. The second-order valence-corrected chi connectivity index (χ2v) is 2.68.